The minimum atomic E-state index is -1.51. The molecular weight excluding hydrogens is 683 g/mol. The molecule has 7 nitrogen and oxygen atoms in total. The number of anilines is 2. The molecule has 4 rings (SSSR count). The zero-order valence-electron chi connectivity index (χ0n) is 19.5. The fourth-order valence-corrected chi connectivity index (χ4v) is 6.37. The molecule has 0 unspecified atom stereocenters. The lowest BCUT2D eigenvalue weighted by Crippen LogP contribution is -2.18. The van der Waals surface area contributed by atoms with Gasteiger partial charge in [0, 0.05) is 26.5 Å². The molecule has 40 heavy (non-hydrogen) atoms. The van der Waals surface area contributed by atoms with Gasteiger partial charge in [-0.1, -0.05) is 75.7 Å². The van der Waals surface area contributed by atoms with Gasteiger partial charge in [0.2, 0.25) is 5.91 Å². The van der Waals surface area contributed by atoms with E-state index in [0.29, 0.717) is 37.0 Å². The maximum absolute atomic E-state index is 13.0. The number of thiazole rings is 1. The molecule has 0 bridgehead atoms. The van der Waals surface area contributed by atoms with Crippen molar-refractivity contribution in [3.8, 4) is 11.3 Å². The van der Waals surface area contributed by atoms with E-state index >= 15 is 0 Å². The van der Waals surface area contributed by atoms with Gasteiger partial charge in [-0.2, -0.15) is 0 Å². The number of carbonyl (C=O) groups excluding carboxylic acids is 2. The summed E-state index contributed by atoms with van der Waals surface area (Å²) in [5.41, 5.74) is 0.594. The van der Waals surface area contributed by atoms with Crippen molar-refractivity contribution in [3.63, 3.8) is 0 Å². The Hall–Kier alpha value is -2.21. The molecule has 0 saturated carbocycles. The Labute approximate surface area is 265 Å². The van der Waals surface area contributed by atoms with Crippen LogP contribution in [0.1, 0.15) is 20.7 Å². The Morgan fingerprint density at radius 3 is 2.25 bits per heavy atom. The number of halogens is 6. The van der Waals surface area contributed by atoms with E-state index in [0.717, 1.165) is 0 Å². The van der Waals surface area contributed by atoms with Crippen molar-refractivity contribution in [2.45, 2.75) is 4.90 Å². The monoisotopic (exact) mass is 693 g/mol. The van der Waals surface area contributed by atoms with Gasteiger partial charge in [0.15, 0.2) is 5.13 Å². The first-order valence-electron chi connectivity index (χ1n) is 10.8. The highest BCUT2D eigenvalue weighted by atomic mass is 35.5. The van der Waals surface area contributed by atoms with Gasteiger partial charge < -0.3 is 15.7 Å². The number of hydrogen-bond donors (Lipinski definition) is 3. The van der Waals surface area contributed by atoms with Crippen LogP contribution in [-0.4, -0.2) is 33.6 Å². The largest absolute Gasteiger partial charge is 0.478 e. The Morgan fingerprint density at radius 2 is 1.57 bits per heavy atom. The summed E-state index contributed by atoms with van der Waals surface area (Å²) < 4.78 is 0. The zero-order valence-corrected chi connectivity index (χ0v) is 25.7. The lowest BCUT2D eigenvalue weighted by atomic mass is 10.1. The molecular formula is C25H13Cl6N3O4S2. The van der Waals surface area contributed by atoms with Gasteiger partial charge in [-0.3, -0.25) is 9.59 Å². The molecule has 1 heterocycles. The molecule has 0 aliphatic carbocycles. The zero-order chi connectivity index (χ0) is 29.1. The number of aromatic nitrogens is 1. The summed E-state index contributed by atoms with van der Waals surface area (Å²) >= 11 is 38.8. The van der Waals surface area contributed by atoms with E-state index in [1.54, 1.807) is 47.8 Å². The fraction of sp³-hybridized carbons (Fsp3) is 0.0400. The molecule has 3 N–H and O–H groups in total. The third kappa shape index (κ3) is 6.98. The number of rotatable bonds is 8. The average Bonchev–Trinajstić information content (AvgIpc) is 3.36. The van der Waals surface area contributed by atoms with Gasteiger partial charge in [0.05, 0.1) is 47.7 Å². The summed E-state index contributed by atoms with van der Waals surface area (Å²) in [4.78, 5) is 42.4. The highest BCUT2D eigenvalue weighted by Crippen LogP contribution is 2.42. The maximum atomic E-state index is 13.0. The van der Waals surface area contributed by atoms with Crippen LogP contribution in [0, 0.1) is 0 Å². The van der Waals surface area contributed by atoms with Crippen molar-refractivity contribution in [1.82, 2.24) is 4.98 Å². The van der Waals surface area contributed by atoms with Crippen LogP contribution >= 0.6 is 92.7 Å². The van der Waals surface area contributed by atoms with E-state index in [1.807, 2.05) is 0 Å². The molecule has 2 amide bonds. The van der Waals surface area contributed by atoms with Crippen molar-refractivity contribution in [2.24, 2.45) is 0 Å². The van der Waals surface area contributed by atoms with Gasteiger partial charge in [0.1, 0.15) is 0 Å². The third-order valence-corrected chi connectivity index (χ3v) is 9.23. The van der Waals surface area contributed by atoms with Crippen LogP contribution in [0.3, 0.4) is 0 Å². The Kier molecular flexibility index (Phi) is 10.1. The average molecular weight is 696 g/mol. The fourth-order valence-electron chi connectivity index (χ4n) is 3.36. The van der Waals surface area contributed by atoms with Crippen LogP contribution in [0.5, 0.6) is 0 Å². The van der Waals surface area contributed by atoms with Gasteiger partial charge >= 0.3 is 5.97 Å². The molecule has 0 aliphatic heterocycles. The van der Waals surface area contributed by atoms with E-state index in [-0.39, 0.29) is 26.7 Å². The molecule has 0 spiro atoms. The Bertz CT molecular complexity index is 1660. The molecule has 0 atom stereocenters. The number of aromatic carboxylic acids is 1. The number of thioether (sulfide) groups is 1. The first-order chi connectivity index (χ1) is 19.0. The summed E-state index contributed by atoms with van der Waals surface area (Å²) in [6, 6.07) is 11.6. The minimum Gasteiger partial charge on any atom is -0.478 e. The molecule has 206 valence electrons. The minimum absolute atomic E-state index is 0.0470. The summed E-state index contributed by atoms with van der Waals surface area (Å²) in [6.45, 7) is 0. The summed E-state index contributed by atoms with van der Waals surface area (Å²) in [6.07, 6.45) is 0. The van der Waals surface area contributed by atoms with E-state index in [9.17, 15) is 19.5 Å². The van der Waals surface area contributed by atoms with Crippen LogP contribution in [0.4, 0.5) is 10.8 Å². The molecule has 3 aromatic carbocycles. The third-order valence-electron chi connectivity index (χ3n) is 5.13. The molecule has 0 saturated heterocycles. The Balaban J connectivity index is 1.42. The summed E-state index contributed by atoms with van der Waals surface area (Å²) in [7, 11) is 0. The SMILES string of the molecule is O=C(CSc1cccc(NC(=O)c2c(Cl)c(Cl)c(Cl)c(Cl)c2C(=O)O)c1)Nc1nc(-c2ccc(Cl)cc2Cl)cs1. The quantitative estimate of drug-likeness (QED) is 0.0963. The van der Waals surface area contributed by atoms with Gasteiger partial charge in [0.25, 0.3) is 5.91 Å². The summed E-state index contributed by atoms with van der Waals surface area (Å²) in [5.74, 6) is -2.62. The molecule has 15 heteroatoms. The first-order valence-corrected chi connectivity index (χ1v) is 14.9. The van der Waals surface area contributed by atoms with Gasteiger partial charge in [-0.05, 0) is 36.4 Å². The molecule has 4 aromatic rings. The number of carboxylic acids is 1. The van der Waals surface area contributed by atoms with E-state index in [4.69, 9.17) is 69.6 Å². The number of benzene rings is 3. The van der Waals surface area contributed by atoms with Crippen molar-refractivity contribution in [2.75, 3.05) is 16.4 Å². The van der Waals surface area contributed by atoms with E-state index < -0.39 is 28.0 Å². The van der Waals surface area contributed by atoms with Gasteiger partial charge in [-0.15, -0.1) is 23.1 Å². The molecule has 0 fully saturated rings. The Morgan fingerprint density at radius 1 is 0.875 bits per heavy atom. The van der Waals surface area contributed by atoms with Crippen molar-refractivity contribution in [3.05, 3.63) is 89.1 Å². The van der Waals surface area contributed by atoms with Crippen LogP contribution in [0.25, 0.3) is 11.3 Å². The van der Waals surface area contributed by atoms with Gasteiger partial charge in [-0.25, -0.2) is 9.78 Å². The molecule has 0 radical (unpaired) electrons. The van der Waals surface area contributed by atoms with Crippen LogP contribution in [0.15, 0.2) is 52.7 Å². The smallest absolute Gasteiger partial charge is 0.338 e. The number of carbonyl (C=O) groups is 3. The van der Waals surface area contributed by atoms with Crippen LogP contribution in [0.2, 0.25) is 30.1 Å². The standard InChI is InChI=1S/C25H13Cl6N3O4S2/c26-10-4-5-13(14(27)6-10)15-8-40-25(33-15)34-16(35)9-39-12-3-1-2-11(7-12)32-23(36)17-18(24(37)38)20(29)22(31)21(30)19(17)28/h1-8H,9H2,(H,32,36)(H,37,38)(H,33,34,35). The molecule has 0 aliphatic rings. The first kappa shape index (κ1) is 30.7. The number of hydrogen-bond acceptors (Lipinski definition) is 6. The van der Waals surface area contributed by atoms with E-state index in [2.05, 4.69) is 15.6 Å². The van der Waals surface area contributed by atoms with Crippen LogP contribution < -0.4 is 10.6 Å². The predicted molar refractivity (Wildman–Crippen MR) is 165 cm³/mol. The van der Waals surface area contributed by atoms with E-state index in [1.165, 1.54) is 23.1 Å². The van der Waals surface area contributed by atoms with Crippen molar-refractivity contribution >= 4 is 121 Å². The lowest BCUT2D eigenvalue weighted by Gasteiger charge is -2.14. The van der Waals surface area contributed by atoms with Crippen molar-refractivity contribution < 1.29 is 19.5 Å². The highest BCUT2D eigenvalue weighted by Gasteiger charge is 2.29. The number of amides is 2. The number of nitrogens with zero attached hydrogens (tertiary/aromatic N) is 1. The second-order valence-corrected chi connectivity index (χ2v) is 12.1. The topological polar surface area (TPSA) is 108 Å². The predicted octanol–water partition coefficient (Wildman–Crippen LogP) is 9.41. The second kappa shape index (κ2) is 13.2. The summed E-state index contributed by atoms with van der Waals surface area (Å²) in [5, 5.41) is 16.7. The number of nitrogens with one attached hydrogen (secondary N) is 2. The van der Waals surface area contributed by atoms with Crippen LogP contribution in [-0.2, 0) is 4.79 Å². The lowest BCUT2D eigenvalue weighted by molar-refractivity contribution is -0.113. The maximum Gasteiger partial charge on any atom is 0.338 e. The number of carboxylic acid groups (broad SMARTS) is 1. The highest BCUT2D eigenvalue weighted by molar-refractivity contribution is 8.00. The normalized spacial score (nSPS) is 10.8. The molecule has 1 aromatic heterocycles. The second-order valence-electron chi connectivity index (χ2n) is 7.79. The van der Waals surface area contributed by atoms with Crippen molar-refractivity contribution in [1.29, 1.82) is 0 Å².